The molecule has 0 saturated heterocycles. The molecule has 0 amide bonds. The highest BCUT2D eigenvalue weighted by Gasteiger charge is 2.02. The van der Waals surface area contributed by atoms with Gasteiger partial charge in [-0.05, 0) is 11.6 Å². The monoisotopic (exact) mass is 267 g/mol. The molecular formula is C10H10BrN3O. The van der Waals surface area contributed by atoms with E-state index in [1.807, 2.05) is 24.3 Å². The van der Waals surface area contributed by atoms with Gasteiger partial charge in [0.15, 0.2) is 0 Å². The topological polar surface area (TPSA) is 51.0 Å². The van der Waals surface area contributed by atoms with Gasteiger partial charge in [0.25, 0.3) is 0 Å². The molecule has 0 radical (unpaired) electrons. The number of aryl methyl sites for hydroxylation is 1. The van der Waals surface area contributed by atoms with E-state index >= 15 is 0 Å². The zero-order valence-corrected chi connectivity index (χ0v) is 9.78. The summed E-state index contributed by atoms with van der Waals surface area (Å²) in [5.74, 6) is 0.560. The fraction of sp³-hybridized carbons (Fsp3) is 0.200. The van der Waals surface area contributed by atoms with Crippen LogP contribution in [0.15, 0.2) is 33.2 Å². The first-order chi connectivity index (χ1) is 7.25. The summed E-state index contributed by atoms with van der Waals surface area (Å²) in [5.41, 5.74) is 1.15. The third-order valence-electron chi connectivity index (χ3n) is 1.91. The number of hydrogen-bond donors (Lipinski definition) is 1. The molecule has 2 rings (SSSR count). The molecule has 0 bridgehead atoms. The first kappa shape index (κ1) is 10.2. The second-order valence-electron chi connectivity index (χ2n) is 3.07. The number of nitrogens with zero attached hydrogens (tertiary/aromatic N) is 2. The lowest BCUT2D eigenvalue weighted by Gasteiger charge is -2.03. The van der Waals surface area contributed by atoms with Gasteiger partial charge in [0.05, 0.1) is 0 Å². The molecule has 1 heterocycles. The normalized spacial score (nSPS) is 10.3. The second-order valence-corrected chi connectivity index (χ2v) is 3.93. The van der Waals surface area contributed by atoms with Crippen molar-refractivity contribution in [1.29, 1.82) is 0 Å². The summed E-state index contributed by atoms with van der Waals surface area (Å²) in [6, 6.07) is 8.44. The number of rotatable bonds is 3. The van der Waals surface area contributed by atoms with E-state index in [1.165, 1.54) is 0 Å². The Bertz CT molecular complexity index is 455. The van der Waals surface area contributed by atoms with Crippen LogP contribution < -0.4 is 5.32 Å². The summed E-state index contributed by atoms with van der Waals surface area (Å²) >= 11 is 3.47. The fourth-order valence-electron chi connectivity index (χ4n) is 1.18. The molecule has 0 saturated carbocycles. The van der Waals surface area contributed by atoms with Crippen molar-refractivity contribution in [2.45, 2.75) is 13.5 Å². The molecule has 1 N–H and O–H groups in total. The summed E-state index contributed by atoms with van der Waals surface area (Å²) in [6.07, 6.45) is 0. The van der Waals surface area contributed by atoms with E-state index in [2.05, 4.69) is 31.4 Å². The predicted molar refractivity (Wildman–Crippen MR) is 60.5 cm³/mol. The summed E-state index contributed by atoms with van der Waals surface area (Å²) in [7, 11) is 0. The highest BCUT2D eigenvalue weighted by atomic mass is 79.9. The average Bonchev–Trinajstić information content (AvgIpc) is 2.63. The quantitative estimate of drug-likeness (QED) is 0.929. The lowest BCUT2D eigenvalue weighted by atomic mass is 10.2. The molecule has 0 unspecified atom stereocenters. The smallest absolute Gasteiger partial charge is 0.315 e. The van der Waals surface area contributed by atoms with Crippen molar-refractivity contribution in [3.05, 3.63) is 40.2 Å². The van der Waals surface area contributed by atoms with E-state index < -0.39 is 0 Å². The van der Waals surface area contributed by atoms with E-state index in [4.69, 9.17) is 4.42 Å². The van der Waals surface area contributed by atoms with Gasteiger partial charge in [-0.25, -0.2) is 0 Å². The minimum absolute atomic E-state index is 0.447. The minimum Gasteiger partial charge on any atom is -0.408 e. The van der Waals surface area contributed by atoms with Crippen molar-refractivity contribution in [3.8, 4) is 0 Å². The molecule has 0 aliphatic rings. The molecule has 0 atom stereocenters. The minimum atomic E-state index is 0.447. The van der Waals surface area contributed by atoms with E-state index in [1.54, 1.807) is 6.92 Å². The number of hydrogen-bond acceptors (Lipinski definition) is 4. The molecule has 15 heavy (non-hydrogen) atoms. The zero-order valence-electron chi connectivity index (χ0n) is 8.20. The largest absolute Gasteiger partial charge is 0.408 e. The van der Waals surface area contributed by atoms with Crippen LogP contribution in [0, 0.1) is 6.92 Å². The third kappa shape index (κ3) is 2.56. The molecule has 2 aromatic rings. The van der Waals surface area contributed by atoms with E-state index in [0.717, 1.165) is 10.0 Å². The van der Waals surface area contributed by atoms with Gasteiger partial charge in [-0.1, -0.05) is 39.2 Å². The van der Waals surface area contributed by atoms with Gasteiger partial charge in [0.1, 0.15) is 0 Å². The zero-order chi connectivity index (χ0) is 10.7. The highest BCUT2D eigenvalue weighted by molar-refractivity contribution is 9.10. The fourth-order valence-corrected chi connectivity index (χ4v) is 1.61. The molecule has 5 heteroatoms. The summed E-state index contributed by atoms with van der Waals surface area (Å²) in [6.45, 7) is 2.42. The maximum Gasteiger partial charge on any atom is 0.315 e. The first-order valence-corrected chi connectivity index (χ1v) is 5.32. The summed E-state index contributed by atoms with van der Waals surface area (Å²) in [4.78, 5) is 0. The van der Waals surface area contributed by atoms with Crippen LogP contribution >= 0.6 is 15.9 Å². The average molecular weight is 268 g/mol. The van der Waals surface area contributed by atoms with E-state index in [0.29, 0.717) is 18.5 Å². The number of halogens is 1. The standard InChI is InChI=1S/C10H10BrN3O/c1-7-13-14-10(15-7)12-6-8-4-2-3-5-9(8)11/h2-5H,6H2,1H3,(H,12,14). The number of anilines is 1. The van der Waals surface area contributed by atoms with Crippen LogP contribution in [-0.2, 0) is 6.54 Å². The Morgan fingerprint density at radius 1 is 1.33 bits per heavy atom. The highest BCUT2D eigenvalue weighted by Crippen LogP contribution is 2.17. The molecule has 1 aromatic carbocycles. The lowest BCUT2D eigenvalue weighted by Crippen LogP contribution is -2.00. The van der Waals surface area contributed by atoms with Gasteiger partial charge in [0, 0.05) is 17.9 Å². The van der Waals surface area contributed by atoms with Crippen LogP contribution in [0.1, 0.15) is 11.5 Å². The molecule has 0 fully saturated rings. The van der Waals surface area contributed by atoms with Crippen molar-refractivity contribution in [2.75, 3.05) is 5.32 Å². The Morgan fingerprint density at radius 3 is 2.80 bits per heavy atom. The van der Waals surface area contributed by atoms with Crippen LogP contribution in [0.3, 0.4) is 0 Å². The molecule has 78 valence electrons. The third-order valence-corrected chi connectivity index (χ3v) is 2.69. The molecular weight excluding hydrogens is 258 g/mol. The van der Waals surface area contributed by atoms with Crippen LogP contribution in [0.2, 0.25) is 0 Å². The van der Waals surface area contributed by atoms with Gasteiger partial charge in [-0.15, -0.1) is 5.10 Å². The molecule has 1 aromatic heterocycles. The number of aromatic nitrogens is 2. The summed E-state index contributed by atoms with van der Waals surface area (Å²) in [5, 5.41) is 10.6. The maximum absolute atomic E-state index is 5.20. The van der Waals surface area contributed by atoms with Crippen LogP contribution in [0.5, 0.6) is 0 Å². The van der Waals surface area contributed by atoms with Crippen molar-refractivity contribution in [1.82, 2.24) is 10.2 Å². The Kier molecular flexibility index (Phi) is 3.01. The van der Waals surface area contributed by atoms with Crippen LogP contribution in [-0.4, -0.2) is 10.2 Å². The molecule has 0 spiro atoms. The van der Waals surface area contributed by atoms with Crippen molar-refractivity contribution < 1.29 is 4.42 Å². The molecule has 4 nitrogen and oxygen atoms in total. The number of nitrogens with one attached hydrogen (secondary N) is 1. The number of benzene rings is 1. The van der Waals surface area contributed by atoms with Gasteiger partial charge < -0.3 is 9.73 Å². The maximum atomic E-state index is 5.20. The van der Waals surface area contributed by atoms with E-state index in [9.17, 15) is 0 Å². The van der Waals surface area contributed by atoms with Crippen LogP contribution in [0.25, 0.3) is 0 Å². The van der Waals surface area contributed by atoms with Crippen molar-refractivity contribution in [2.24, 2.45) is 0 Å². The Hall–Kier alpha value is -1.36. The SMILES string of the molecule is Cc1nnc(NCc2ccccc2Br)o1. The lowest BCUT2D eigenvalue weighted by molar-refractivity contribution is 0.530. The van der Waals surface area contributed by atoms with Crippen LogP contribution in [0.4, 0.5) is 6.01 Å². The van der Waals surface area contributed by atoms with Gasteiger partial charge in [0.2, 0.25) is 5.89 Å². The van der Waals surface area contributed by atoms with E-state index in [-0.39, 0.29) is 0 Å². The predicted octanol–water partition coefficient (Wildman–Crippen LogP) is 2.75. The van der Waals surface area contributed by atoms with Gasteiger partial charge in [-0.2, -0.15) is 0 Å². The summed E-state index contributed by atoms with van der Waals surface area (Å²) < 4.78 is 6.26. The van der Waals surface area contributed by atoms with Crippen molar-refractivity contribution in [3.63, 3.8) is 0 Å². The van der Waals surface area contributed by atoms with Crippen molar-refractivity contribution >= 4 is 21.9 Å². The molecule has 0 aliphatic carbocycles. The second kappa shape index (κ2) is 4.44. The first-order valence-electron chi connectivity index (χ1n) is 4.53. The van der Waals surface area contributed by atoms with Gasteiger partial charge >= 0.3 is 6.01 Å². The Balaban J connectivity index is 2.02. The molecule has 0 aliphatic heterocycles. The van der Waals surface area contributed by atoms with Gasteiger partial charge in [-0.3, -0.25) is 0 Å². The Morgan fingerprint density at radius 2 is 2.13 bits per heavy atom. The Labute approximate surface area is 95.8 Å².